The first kappa shape index (κ1) is 19.6. The highest BCUT2D eigenvalue weighted by molar-refractivity contribution is 6.30. The Morgan fingerprint density at radius 3 is 2.35 bits per heavy atom. The number of rotatable bonds is 3. The molecule has 1 saturated carbocycles. The Morgan fingerprint density at radius 1 is 1.03 bits per heavy atom. The molecule has 1 N–H and O–H groups in total. The smallest absolute Gasteiger partial charge is 0.408 e. The zero-order valence-electron chi connectivity index (χ0n) is 17.8. The molecular formula is C26H29ClN2O2. The molecule has 4 nitrogen and oxygen atoms in total. The minimum absolute atomic E-state index is 0.00133. The minimum Gasteiger partial charge on any atom is -0.465 e. The van der Waals surface area contributed by atoms with Crippen LogP contribution in [0.3, 0.4) is 0 Å². The Kier molecular flexibility index (Phi) is 4.59. The lowest BCUT2D eigenvalue weighted by atomic mass is 9.73. The lowest BCUT2D eigenvalue weighted by Crippen LogP contribution is -2.60. The number of amides is 1. The van der Waals surface area contributed by atoms with Gasteiger partial charge < -0.3 is 10.0 Å². The number of piperidine rings is 3. The van der Waals surface area contributed by atoms with Crippen molar-refractivity contribution >= 4 is 17.7 Å². The molecule has 1 amide bonds. The van der Waals surface area contributed by atoms with Gasteiger partial charge in [-0.1, -0.05) is 41.9 Å². The van der Waals surface area contributed by atoms with Crippen LogP contribution in [0.25, 0.3) is 11.1 Å². The zero-order chi connectivity index (χ0) is 21.2. The summed E-state index contributed by atoms with van der Waals surface area (Å²) in [4.78, 5) is 17.1. The molecule has 162 valence electrons. The second-order valence-corrected chi connectivity index (χ2v) is 10.5. The molecular weight excluding hydrogens is 408 g/mol. The summed E-state index contributed by atoms with van der Waals surface area (Å²) in [6.07, 6.45) is 5.99. The Bertz CT molecular complexity index is 1010. The second kappa shape index (κ2) is 7.25. The number of hydrogen-bond donors (Lipinski definition) is 1. The topological polar surface area (TPSA) is 43.8 Å². The summed E-state index contributed by atoms with van der Waals surface area (Å²) < 4.78 is 0. The lowest BCUT2D eigenvalue weighted by Gasteiger charge is -2.52. The first-order valence-corrected chi connectivity index (χ1v) is 12.0. The molecule has 0 radical (unpaired) electrons. The van der Waals surface area contributed by atoms with Gasteiger partial charge in [-0.3, -0.25) is 4.90 Å². The molecule has 1 spiro atoms. The number of carbonyl (C=O) groups is 1. The van der Waals surface area contributed by atoms with Gasteiger partial charge in [0.15, 0.2) is 0 Å². The maximum absolute atomic E-state index is 12.7. The van der Waals surface area contributed by atoms with Crippen molar-refractivity contribution in [1.82, 2.24) is 9.80 Å². The van der Waals surface area contributed by atoms with Crippen LogP contribution in [0.15, 0.2) is 42.5 Å². The van der Waals surface area contributed by atoms with E-state index < -0.39 is 6.09 Å². The SMILES string of the molecule is O=C(O)N(C1c2ccc(-c3ccc(Cl)cc3)cc2CCC12CC2)[C@@H]1CN2CCC1CC2. The van der Waals surface area contributed by atoms with Gasteiger partial charge in [-0.15, -0.1) is 0 Å². The van der Waals surface area contributed by atoms with Gasteiger partial charge in [0.25, 0.3) is 0 Å². The van der Waals surface area contributed by atoms with E-state index in [2.05, 4.69) is 35.2 Å². The van der Waals surface area contributed by atoms with Gasteiger partial charge in [-0.05, 0) is 97.3 Å². The summed E-state index contributed by atoms with van der Waals surface area (Å²) >= 11 is 6.07. The summed E-state index contributed by atoms with van der Waals surface area (Å²) in [6.45, 7) is 3.17. The Hall–Kier alpha value is -2.04. The fourth-order valence-corrected chi connectivity index (χ4v) is 6.71. The van der Waals surface area contributed by atoms with Gasteiger partial charge in [0.2, 0.25) is 0 Å². The van der Waals surface area contributed by atoms with E-state index in [1.54, 1.807) is 0 Å². The van der Waals surface area contributed by atoms with Crippen LogP contribution in [0.5, 0.6) is 0 Å². The van der Waals surface area contributed by atoms with Gasteiger partial charge in [0, 0.05) is 11.6 Å². The molecule has 2 aromatic rings. The first-order chi connectivity index (χ1) is 15.0. The maximum Gasteiger partial charge on any atom is 0.408 e. The van der Waals surface area contributed by atoms with E-state index in [9.17, 15) is 9.90 Å². The van der Waals surface area contributed by atoms with Crippen LogP contribution in [-0.2, 0) is 6.42 Å². The molecule has 3 heterocycles. The number of carboxylic acid groups (broad SMARTS) is 1. The van der Waals surface area contributed by atoms with Gasteiger partial charge >= 0.3 is 6.09 Å². The average Bonchev–Trinajstić information content (AvgIpc) is 3.57. The van der Waals surface area contributed by atoms with Crippen molar-refractivity contribution in [3.8, 4) is 11.1 Å². The van der Waals surface area contributed by atoms with E-state index in [0.29, 0.717) is 5.92 Å². The highest BCUT2D eigenvalue weighted by Crippen LogP contribution is 2.63. The number of hydrogen-bond acceptors (Lipinski definition) is 2. The van der Waals surface area contributed by atoms with Crippen LogP contribution < -0.4 is 0 Å². The Balaban J connectivity index is 1.40. The predicted molar refractivity (Wildman–Crippen MR) is 122 cm³/mol. The molecule has 3 aliphatic heterocycles. The largest absolute Gasteiger partial charge is 0.465 e. The first-order valence-electron chi connectivity index (χ1n) is 11.7. The number of nitrogens with zero attached hydrogens (tertiary/aromatic N) is 2. The third-order valence-electron chi connectivity index (χ3n) is 8.46. The molecule has 4 fully saturated rings. The highest BCUT2D eigenvalue weighted by atomic mass is 35.5. The molecule has 0 aromatic heterocycles. The second-order valence-electron chi connectivity index (χ2n) is 10.1. The summed E-state index contributed by atoms with van der Waals surface area (Å²) in [5.74, 6) is 0.510. The fourth-order valence-electron chi connectivity index (χ4n) is 6.58. The number of aryl methyl sites for hydroxylation is 1. The predicted octanol–water partition coefficient (Wildman–Crippen LogP) is 5.85. The summed E-state index contributed by atoms with van der Waals surface area (Å²) in [7, 11) is 0. The molecule has 2 aromatic carbocycles. The third-order valence-corrected chi connectivity index (χ3v) is 8.71. The van der Waals surface area contributed by atoms with Crippen LogP contribution in [0, 0.1) is 11.3 Å². The van der Waals surface area contributed by atoms with Crippen molar-refractivity contribution in [1.29, 1.82) is 0 Å². The van der Waals surface area contributed by atoms with Crippen molar-refractivity contribution in [3.05, 3.63) is 58.6 Å². The van der Waals surface area contributed by atoms with Crippen LogP contribution in [-0.4, -0.2) is 46.7 Å². The van der Waals surface area contributed by atoms with Crippen molar-refractivity contribution in [2.24, 2.45) is 11.3 Å². The monoisotopic (exact) mass is 436 g/mol. The maximum atomic E-state index is 12.7. The van der Waals surface area contributed by atoms with Gasteiger partial charge in [-0.25, -0.2) is 4.79 Å². The molecule has 2 aliphatic carbocycles. The van der Waals surface area contributed by atoms with Gasteiger partial charge in [-0.2, -0.15) is 0 Å². The molecule has 5 heteroatoms. The molecule has 2 bridgehead atoms. The Morgan fingerprint density at radius 2 is 1.74 bits per heavy atom. The van der Waals surface area contributed by atoms with Crippen molar-refractivity contribution in [3.63, 3.8) is 0 Å². The summed E-state index contributed by atoms with van der Waals surface area (Å²) in [6, 6.07) is 14.8. The van der Waals surface area contributed by atoms with E-state index in [0.717, 1.165) is 68.7 Å². The van der Waals surface area contributed by atoms with E-state index in [1.165, 1.54) is 16.7 Å². The van der Waals surface area contributed by atoms with Crippen LogP contribution >= 0.6 is 11.6 Å². The van der Waals surface area contributed by atoms with Crippen LogP contribution in [0.1, 0.15) is 49.3 Å². The standard InChI is InChI=1S/C26H29ClN2O2/c27-21-4-1-17(2-5-21)19-3-6-22-20(15-19)7-10-26(11-12-26)24(22)29(25(30)31)23-16-28-13-8-18(23)9-14-28/h1-6,15,18,23-24H,7-14,16H2,(H,30,31)/t23-,24?/m1/s1. The normalized spacial score (nSPS) is 30.1. The summed E-state index contributed by atoms with van der Waals surface area (Å²) in [5.41, 5.74) is 5.07. The van der Waals surface area contributed by atoms with E-state index in [4.69, 9.17) is 11.6 Å². The zero-order valence-corrected chi connectivity index (χ0v) is 18.5. The van der Waals surface area contributed by atoms with Crippen LogP contribution in [0.4, 0.5) is 4.79 Å². The van der Waals surface area contributed by atoms with Gasteiger partial charge in [0.1, 0.15) is 0 Å². The average molecular weight is 437 g/mol. The quantitative estimate of drug-likeness (QED) is 0.656. The molecule has 1 unspecified atom stereocenters. The van der Waals surface area contributed by atoms with Crippen LogP contribution in [0.2, 0.25) is 5.02 Å². The Labute approximate surface area is 188 Å². The highest BCUT2D eigenvalue weighted by Gasteiger charge is 2.57. The minimum atomic E-state index is -0.732. The van der Waals surface area contributed by atoms with Crippen molar-refractivity contribution < 1.29 is 9.90 Å². The molecule has 2 atom stereocenters. The van der Waals surface area contributed by atoms with E-state index >= 15 is 0 Å². The number of benzene rings is 2. The van der Waals surface area contributed by atoms with Gasteiger partial charge in [0.05, 0.1) is 12.1 Å². The van der Waals surface area contributed by atoms with Crippen molar-refractivity contribution in [2.45, 2.75) is 50.6 Å². The molecule has 31 heavy (non-hydrogen) atoms. The number of halogens is 1. The summed E-state index contributed by atoms with van der Waals surface area (Å²) in [5, 5.41) is 11.2. The van der Waals surface area contributed by atoms with Crippen molar-refractivity contribution in [2.75, 3.05) is 19.6 Å². The third kappa shape index (κ3) is 3.27. The van der Waals surface area contributed by atoms with E-state index in [-0.39, 0.29) is 17.5 Å². The molecule has 3 saturated heterocycles. The molecule has 5 aliphatic rings. The fraction of sp³-hybridized carbons (Fsp3) is 0.500. The molecule has 7 rings (SSSR count). The van der Waals surface area contributed by atoms with E-state index in [1.807, 2.05) is 17.0 Å². The number of fused-ring (bicyclic) bond motifs is 4. The lowest BCUT2D eigenvalue weighted by molar-refractivity contribution is -0.0243.